The van der Waals surface area contributed by atoms with Crippen LogP contribution < -0.4 is 30.7 Å². The zero-order valence-electron chi connectivity index (χ0n) is 37.1. The summed E-state index contributed by atoms with van der Waals surface area (Å²) in [6.45, 7) is 5.85. The average molecular weight is 1030 g/mol. The van der Waals surface area contributed by atoms with Gasteiger partial charge in [-0.2, -0.15) is 20.5 Å². The molecule has 0 saturated heterocycles. The third-order valence-electron chi connectivity index (χ3n) is 9.78. The second-order valence-corrected chi connectivity index (χ2v) is 17.3. The summed E-state index contributed by atoms with van der Waals surface area (Å²) in [5.41, 5.74) is 3.26. The number of nitrogens with one attached hydrogen (secondary N) is 4. The van der Waals surface area contributed by atoms with Crippen molar-refractivity contribution in [2.24, 2.45) is 20.5 Å². The van der Waals surface area contributed by atoms with Crippen molar-refractivity contribution in [2.45, 2.75) is 56.4 Å². The van der Waals surface area contributed by atoms with Gasteiger partial charge in [-0.25, -0.2) is 0 Å². The highest BCUT2D eigenvalue weighted by atomic mass is 35.5. The molecule has 0 saturated carbocycles. The lowest BCUT2D eigenvalue weighted by atomic mass is 10.1. The molecule has 4 unspecified atom stereocenters. The van der Waals surface area contributed by atoms with E-state index in [2.05, 4.69) is 41.7 Å². The van der Waals surface area contributed by atoms with Gasteiger partial charge in [-0.05, 0) is 123 Å². The molecule has 21 heteroatoms. The number of carbonyl (C=O) groups excluding carboxylic acids is 6. The summed E-state index contributed by atoms with van der Waals surface area (Å²) in [6, 6.07) is 19.6. The fourth-order valence-corrected chi connectivity index (χ4v) is 6.93. The smallest absolute Gasteiger partial charge is 0.258 e. The van der Waals surface area contributed by atoms with Crippen molar-refractivity contribution >= 4 is 127 Å². The number of anilines is 4. The van der Waals surface area contributed by atoms with Crippen LogP contribution in [0, 0.1) is 0 Å². The largest absolute Gasteiger partial charge is 0.497 e. The predicted octanol–water partition coefficient (Wildman–Crippen LogP) is 12.2. The number of alkyl halides is 3. The van der Waals surface area contributed by atoms with Crippen molar-refractivity contribution in [1.82, 2.24) is 0 Å². The van der Waals surface area contributed by atoms with Crippen molar-refractivity contribution in [3.05, 3.63) is 129 Å². The number of hydrogen-bond acceptors (Lipinski definition) is 12. The fourth-order valence-electron chi connectivity index (χ4n) is 6.14. The summed E-state index contributed by atoms with van der Waals surface area (Å²) < 4.78 is 10.7. The van der Waals surface area contributed by atoms with Crippen LogP contribution in [-0.4, -0.2) is 61.5 Å². The van der Waals surface area contributed by atoms with Gasteiger partial charge in [0.25, 0.3) is 23.6 Å². The molecule has 5 rings (SSSR count). The van der Waals surface area contributed by atoms with Gasteiger partial charge in [0.1, 0.15) is 22.9 Å². The molecule has 0 heterocycles. The van der Waals surface area contributed by atoms with Gasteiger partial charge < -0.3 is 30.7 Å². The molecular weight excluding hydrogens is 982 g/mol. The van der Waals surface area contributed by atoms with E-state index in [1.807, 2.05) is 0 Å². The van der Waals surface area contributed by atoms with Crippen LogP contribution in [0.2, 0.25) is 10.0 Å². The average Bonchev–Trinajstić information content (AvgIpc) is 3.29. The Labute approximate surface area is 416 Å². The third kappa shape index (κ3) is 14.1. The van der Waals surface area contributed by atoms with E-state index in [1.165, 1.54) is 68.8 Å². The molecule has 4 amide bonds. The lowest BCUT2D eigenvalue weighted by Gasteiger charge is -2.15. The molecule has 5 aromatic carbocycles. The van der Waals surface area contributed by atoms with Gasteiger partial charge in [0, 0.05) is 51.9 Å². The molecule has 0 aliphatic heterocycles. The number of halogens is 5. The summed E-state index contributed by atoms with van der Waals surface area (Å²) in [6.07, 6.45) is 0. The number of amides is 4. The van der Waals surface area contributed by atoms with E-state index in [1.54, 1.807) is 50.2 Å². The molecule has 16 nitrogen and oxygen atoms in total. The van der Waals surface area contributed by atoms with Crippen LogP contribution in [0.1, 0.15) is 75.9 Å². The maximum absolute atomic E-state index is 13.5. The number of methoxy groups -OCH3 is 2. The van der Waals surface area contributed by atoms with E-state index in [9.17, 15) is 28.8 Å². The molecule has 0 fully saturated rings. The first-order chi connectivity index (χ1) is 32.3. The van der Waals surface area contributed by atoms with Crippen molar-refractivity contribution in [3.63, 3.8) is 0 Å². The standard InChI is InChI=1S/C47H43Cl5N8O8/c1-23(49)29-13-33(20-35(16-29)67-5)54-44(63)27-7-10-37(51)40(18-27)57-59-42(25(3)61)46(65)53-32-9-12-39(31(15-32)22-48)56-47(66)43(26(4)62)60-58-41-19-28(8-11-38(41)52)45(64)55-34-14-30(24(2)50)17-36(21-34)68-6/h7-21,23-24,42-43H,22H2,1-6H3,(H,53,65)(H,54,63)(H,55,64)(H,56,66). The second-order valence-electron chi connectivity index (χ2n) is 14.9. The van der Waals surface area contributed by atoms with E-state index in [-0.39, 0.29) is 60.6 Å². The Morgan fingerprint density at radius 2 is 1.00 bits per heavy atom. The van der Waals surface area contributed by atoms with Crippen LogP contribution in [0.25, 0.3) is 0 Å². The van der Waals surface area contributed by atoms with Crippen LogP contribution in [0.3, 0.4) is 0 Å². The van der Waals surface area contributed by atoms with E-state index < -0.39 is 47.3 Å². The normalized spacial score (nSPS) is 13.0. The van der Waals surface area contributed by atoms with Crippen molar-refractivity contribution in [1.29, 1.82) is 0 Å². The number of azo groups is 2. The minimum absolute atomic E-state index is 0.00467. The molecule has 0 aliphatic rings. The van der Waals surface area contributed by atoms with Crippen molar-refractivity contribution in [2.75, 3.05) is 35.5 Å². The van der Waals surface area contributed by atoms with Gasteiger partial charge in [0.15, 0.2) is 11.6 Å². The molecule has 68 heavy (non-hydrogen) atoms. The molecule has 4 N–H and O–H groups in total. The predicted molar refractivity (Wildman–Crippen MR) is 265 cm³/mol. The van der Waals surface area contributed by atoms with Gasteiger partial charge in [-0.1, -0.05) is 23.2 Å². The summed E-state index contributed by atoms with van der Waals surface area (Å²) in [5, 5.41) is 26.2. The van der Waals surface area contributed by atoms with E-state index in [0.29, 0.717) is 28.4 Å². The summed E-state index contributed by atoms with van der Waals surface area (Å²) in [5.74, 6) is -3.29. The SMILES string of the molecule is COc1cc(NC(=O)c2ccc(Cl)c(N=NC(C(C)=O)C(=O)Nc3ccc(NC(=O)C(N=Nc4cc(C(=O)Nc5cc(OC)cc(C(C)Cl)c5)ccc4Cl)C(C)=O)c(CCl)c3)c2)cc(C(C)Cl)c1. The van der Waals surface area contributed by atoms with Gasteiger partial charge >= 0.3 is 0 Å². The van der Waals surface area contributed by atoms with Gasteiger partial charge in [0.2, 0.25) is 12.1 Å². The second kappa shape index (κ2) is 24.0. The van der Waals surface area contributed by atoms with Crippen LogP contribution in [0.4, 0.5) is 34.1 Å². The summed E-state index contributed by atoms with van der Waals surface area (Å²) >= 11 is 31.5. The Morgan fingerprint density at radius 1 is 0.559 bits per heavy atom. The van der Waals surface area contributed by atoms with E-state index in [4.69, 9.17) is 67.5 Å². The number of rotatable bonds is 19. The Hall–Kier alpha value is -6.43. The van der Waals surface area contributed by atoms with Crippen LogP contribution in [0.5, 0.6) is 11.5 Å². The van der Waals surface area contributed by atoms with E-state index >= 15 is 0 Å². The molecule has 5 aromatic rings. The minimum atomic E-state index is -1.65. The maximum Gasteiger partial charge on any atom is 0.258 e. The summed E-state index contributed by atoms with van der Waals surface area (Å²) in [4.78, 5) is 78.6. The summed E-state index contributed by atoms with van der Waals surface area (Å²) in [7, 11) is 2.98. The number of carbonyl (C=O) groups is 6. The van der Waals surface area contributed by atoms with Gasteiger partial charge in [-0.15, -0.1) is 34.8 Å². The van der Waals surface area contributed by atoms with Gasteiger partial charge in [-0.3, -0.25) is 28.8 Å². The number of ketones is 2. The Balaban J connectivity index is 1.26. The monoisotopic (exact) mass is 1020 g/mol. The molecule has 0 spiro atoms. The first-order valence-corrected chi connectivity index (χ1v) is 22.5. The lowest BCUT2D eigenvalue weighted by Crippen LogP contribution is -2.32. The number of nitrogens with zero attached hydrogens (tertiary/aromatic N) is 4. The molecule has 4 atom stereocenters. The molecular formula is C47H43Cl5N8O8. The number of benzene rings is 5. The highest BCUT2D eigenvalue weighted by molar-refractivity contribution is 6.33. The maximum atomic E-state index is 13.5. The minimum Gasteiger partial charge on any atom is -0.497 e. The van der Waals surface area contributed by atoms with Crippen LogP contribution >= 0.6 is 58.0 Å². The zero-order valence-corrected chi connectivity index (χ0v) is 40.9. The highest BCUT2D eigenvalue weighted by Crippen LogP contribution is 2.33. The quantitative estimate of drug-likeness (QED) is 0.0353. The molecule has 0 aromatic heterocycles. The van der Waals surface area contributed by atoms with Gasteiger partial charge in [0.05, 0.1) is 35.0 Å². The molecule has 0 bridgehead atoms. The topological polar surface area (TPSA) is 218 Å². The third-order valence-corrected chi connectivity index (χ3v) is 11.2. The Kier molecular flexibility index (Phi) is 18.6. The molecule has 354 valence electrons. The van der Waals surface area contributed by atoms with Crippen LogP contribution in [-0.2, 0) is 25.1 Å². The van der Waals surface area contributed by atoms with Crippen molar-refractivity contribution < 1.29 is 38.2 Å². The Bertz CT molecular complexity index is 2820. The van der Waals surface area contributed by atoms with E-state index in [0.717, 1.165) is 25.0 Å². The lowest BCUT2D eigenvalue weighted by molar-refractivity contribution is -0.127. The van der Waals surface area contributed by atoms with Crippen molar-refractivity contribution in [3.8, 4) is 11.5 Å². The Morgan fingerprint density at radius 3 is 1.40 bits per heavy atom. The number of ether oxygens (including phenoxy) is 2. The highest BCUT2D eigenvalue weighted by Gasteiger charge is 2.26. The number of hydrogen-bond donors (Lipinski definition) is 4. The fraction of sp³-hybridized carbons (Fsp3) is 0.234. The number of Topliss-reactive ketones (excluding diaryl/α,β-unsaturated/α-hetero) is 2. The first-order valence-electron chi connectivity index (χ1n) is 20.3. The molecule has 0 radical (unpaired) electrons. The first kappa shape index (κ1) is 52.5. The van der Waals surface area contributed by atoms with Crippen LogP contribution in [0.15, 0.2) is 111 Å². The zero-order chi connectivity index (χ0) is 49.8. The molecule has 0 aliphatic carbocycles.